The Morgan fingerprint density at radius 3 is 2.25 bits per heavy atom. The molecule has 4 rings (SSSR count). The number of nitrogens with one attached hydrogen (secondary N) is 1. The smallest absolute Gasteiger partial charge is 0.407 e. The predicted molar refractivity (Wildman–Crippen MR) is 121 cm³/mol. The third kappa shape index (κ3) is 4.41. The molecular formula is C25H22ClNO5. The number of benzene rings is 3. The minimum atomic E-state index is -1.18. The summed E-state index contributed by atoms with van der Waals surface area (Å²) in [5, 5.41) is 12.5. The van der Waals surface area contributed by atoms with Crippen LogP contribution in [0.25, 0.3) is 11.1 Å². The van der Waals surface area contributed by atoms with Crippen LogP contribution in [-0.2, 0) is 16.0 Å². The zero-order valence-corrected chi connectivity index (χ0v) is 18.1. The van der Waals surface area contributed by atoms with Crippen LogP contribution in [0.1, 0.15) is 22.6 Å². The quantitative estimate of drug-likeness (QED) is 0.534. The van der Waals surface area contributed by atoms with Crippen LogP contribution in [0.15, 0.2) is 66.7 Å². The van der Waals surface area contributed by atoms with Gasteiger partial charge >= 0.3 is 12.1 Å². The molecular weight excluding hydrogens is 430 g/mol. The topological polar surface area (TPSA) is 84.9 Å². The molecule has 1 aliphatic rings. The second-order valence-corrected chi connectivity index (χ2v) is 7.96. The van der Waals surface area contributed by atoms with Crippen molar-refractivity contribution in [3.05, 3.63) is 88.4 Å². The van der Waals surface area contributed by atoms with Gasteiger partial charge in [-0.05, 0) is 39.9 Å². The molecule has 7 heteroatoms. The van der Waals surface area contributed by atoms with E-state index in [1.54, 1.807) is 18.2 Å². The maximum atomic E-state index is 12.5. The lowest BCUT2D eigenvalue weighted by atomic mass is 9.98. The van der Waals surface area contributed by atoms with Gasteiger partial charge in [0.1, 0.15) is 18.4 Å². The van der Waals surface area contributed by atoms with Crippen molar-refractivity contribution in [3.63, 3.8) is 0 Å². The highest BCUT2D eigenvalue weighted by molar-refractivity contribution is 6.30. The minimum Gasteiger partial charge on any atom is -0.496 e. The van der Waals surface area contributed by atoms with Crippen molar-refractivity contribution in [1.82, 2.24) is 5.32 Å². The molecule has 1 atom stereocenters. The van der Waals surface area contributed by atoms with Crippen molar-refractivity contribution in [2.45, 2.75) is 18.4 Å². The number of methoxy groups -OCH3 is 1. The molecule has 0 unspecified atom stereocenters. The first-order valence-corrected chi connectivity index (χ1v) is 10.5. The summed E-state index contributed by atoms with van der Waals surface area (Å²) in [5.74, 6) is -0.818. The van der Waals surface area contributed by atoms with E-state index in [-0.39, 0.29) is 18.9 Å². The Balaban J connectivity index is 1.44. The standard InChI is InChI=1S/C25H22ClNO5/c1-31-23-13-16(26)11-10-15(23)12-22(24(28)29)27-25(30)32-14-21-19-8-4-2-6-17(19)18-7-3-5-9-20(18)21/h2-11,13,21-22H,12,14H2,1H3,(H,27,30)(H,28,29)/t22-/m0/s1. The van der Waals surface area contributed by atoms with Crippen molar-refractivity contribution >= 4 is 23.7 Å². The summed E-state index contributed by atoms with van der Waals surface area (Å²) in [5.41, 5.74) is 5.03. The molecule has 0 heterocycles. The third-order valence-electron chi connectivity index (χ3n) is 5.61. The Labute approximate surface area is 190 Å². The maximum absolute atomic E-state index is 12.5. The highest BCUT2D eigenvalue weighted by Gasteiger charge is 2.30. The van der Waals surface area contributed by atoms with Gasteiger partial charge in [-0.15, -0.1) is 0 Å². The molecule has 164 valence electrons. The first-order valence-electron chi connectivity index (χ1n) is 10.1. The number of amides is 1. The zero-order valence-electron chi connectivity index (χ0n) is 17.4. The van der Waals surface area contributed by atoms with Crippen LogP contribution in [0.5, 0.6) is 5.75 Å². The molecule has 32 heavy (non-hydrogen) atoms. The van der Waals surface area contributed by atoms with E-state index in [1.165, 1.54) is 7.11 Å². The fraction of sp³-hybridized carbons (Fsp3) is 0.200. The largest absolute Gasteiger partial charge is 0.496 e. The van der Waals surface area contributed by atoms with Crippen molar-refractivity contribution in [1.29, 1.82) is 0 Å². The van der Waals surface area contributed by atoms with E-state index in [1.807, 2.05) is 48.5 Å². The lowest BCUT2D eigenvalue weighted by molar-refractivity contribution is -0.139. The van der Waals surface area contributed by atoms with E-state index in [0.717, 1.165) is 22.3 Å². The summed E-state index contributed by atoms with van der Waals surface area (Å²) in [4.78, 5) is 24.2. The molecule has 6 nitrogen and oxygen atoms in total. The summed E-state index contributed by atoms with van der Waals surface area (Å²) in [6.07, 6.45) is -0.757. The summed E-state index contributed by atoms with van der Waals surface area (Å²) in [6.45, 7) is 0.108. The van der Waals surface area contributed by atoms with Crippen LogP contribution in [0.2, 0.25) is 5.02 Å². The molecule has 1 amide bonds. The third-order valence-corrected chi connectivity index (χ3v) is 5.84. The van der Waals surface area contributed by atoms with Gasteiger partial charge in [0.2, 0.25) is 0 Å². The van der Waals surface area contributed by atoms with Crippen molar-refractivity contribution in [2.24, 2.45) is 0 Å². The number of carbonyl (C=O) groups is 2. The molecule has 0 aliphatic heterocycles. The number of carbonyl (C=O) groups excluding carboxylic acids is 1. The number of carboxylic acid groups (broad SMARTS) is 1. The van der Waals surface area contributed by atoms with E-state index < -0.39 is 18.1 Å². The van der Waals surface area contributed by atoms with E-state index >= 15 is 0 Å². The highest BCUT2D eigenvalue weighted by atomic mass is 35.5. The minimum absolute atomic E-state index is 0.0276. The molecule has 3 aromatic carbocycles. The monoisotopic (exact) mass is 451 g/mol. The summed E-state index contributed by atoms with van der Waals surface area (Å²) in [7, 11) is 1.48. The van der Waals surface area contributed by atoms with Crippen LogP contribution < -0.4 is 10.1 Å². The number of halogens is 1. The number of hydrogen-bond donors (Lipinski definition) is 2. The normalized spacial score (nSPS) is 13.1. The van der Waals surface area contributed by atoms with Gasteiger partial charge in [0.15, 0.2) is 0 Å². The van der Waals surface area contributed by atoms with Crippen LogP contribution >= 0.6 is 11.6 Å². The van der Waals surface area contributed by atoms with Gasteiger partial charge in [-0.25, -0.2) is 9.59 Å². The Bertz CT molecular complexity index is 1120. The van der Waals surface area contributed by atoms with Crippen LogP contribution in [0.3, 0.4) is 0 Å². The highest BCUT2D eigenvalue weighted by Crippen LogP contribution is 2.44. The summed E-state index contributed by atoms with van der Waals surface area (Å²) >= 11 is 5.97. The summed E-state index contributed by atoms with van der Waals surface area (Å²) in [6, 6.07) is 19.8. The second kappa shape index (κ2) is 9.32. The van der Waals surface area contributed by atoms with Crippen LogP contribution in [0, 0.1) is 0 Å². The van der Waals surface area contributed by atoms with Crippen molar-refractivity contribution < 1.29 is 24.2 Å². The molecule has 3 aromatic rings. The van der Waals surface area contributed by atoms with Gasteiger partial charge in [-0.1, -0.05) is 66.2 Å². The first kappa shape index (κ1) is 21.7. The van der Waals surface area contributed by atoms with E-state index in [4.69, 9.17) is 21.1 Å². The first-order chi connectivity index (χ1) is 15.5. The Morgan fingerprint density at radius 1 is 1.03 bits per heavy atom. The maximum Gasteiger partial charge on any atom is 0.407 e. The molecule has 0 saturated carbocycles. The number of fused-ring (bicyclic) bond motifs is 3. The zero-order chi connectivity index (χ0) is 22.7. The fourth-order valence-electron chi connectivity index (χ4n) is 4.09. The van der Waals surface area contributed by atoms with Crippen molar-refractivity contribution in [3.8, 4) is 16.9 Å². The Kier molecular flexibility index (Phi) is 6.32. The van der Waals surface area contributed by atoms with Gasteiger partial charge in [-0.2, -0.15) is 0 Å². The number of ether oxygens (including phenoxy) is 2. The van der Waals surface area contributed by atoms with E-state index in [9.17, 15) is 14.7 Å². The van der Waals surface area contributed by atoms with Crippen molar-refractivity contribution in [2.75, 3.05) is 13.7 Å². The fourth-order valence-corrected chi connectivity index (χ4v) is 4.25. The molecule has 0 bridgehead atoms. The van der Waals surface area contributed by atoms with Gasteiger partial charge in [0.05, 0.1) is 7.11 Å². The number of rotatable bonds is 7. The van der Waals surface area contributed by atoms with Gasteiger partial charge in [-0.3, -0.25) is 0 Å². The average molecular weight is 452 g/mol. The molecule has 0 aromatic heterocycles. The van der Waals surface area contributed by atoms with Gasteiger partial charge in [0, 0.05) is 17.4 Å². The molecule has 2 N–H and O–H groups in total. The SMILES string of the molecule is COc1cc(Cl)ccc1C[C@H](NC(=O)OCC1c2ccccc2-c2ccccc21)C(=O)O. The predicted octanol–water partition coefficient (Wildman–Crippen LogP) is 4.88. The average Bonchev–Trinajstić information content (AvgIpc) is 3.12. The molecule has 0 saturated heterocycles. The molecule has 0 spiro atoms. The van der Waals surface area contributed by atoms with E-state index in [2.05, 4.69) is 5.32 Å². The van der Waals surface area contributed by atoms with Crippen LogP contribution in [0.4, 0.5) is 4.79 Å². The second-order valence-electron chi connectivity index (χ2n) is 7.52. The number of carboxylic acids is 1. The van der Waals surface area contributed by atoms with Gasteiger partial charge < -0.3 is 19.9 Å². The van der Waals surface area contributed by atoms with Crippen LogP contribution in [-0.4, -0.2) is 36.9 Å². The number of alkyl carbamates (subject to hydrolysis) is 1. The number of hydrogen-bond acceptors (Lipinski definition) is 4. The number of aliphatic carboxylic acids is 1. The lowest BCUT2D eigenvalue weighted by Gasteiger charge is -2.18. The van der Waals surface area contributed by atoms with E-state index in [0.29, 0.717) is 16.3 Å². The molecule has 1 aliphatic carbocycles. The Hall–Kier alpha value is -3.51. The van der Waals surface area contributed by atoms with Gasteiger partial charge in [0.25, 0.3) is 0 Å². The summed E-state index contributed by atoms with van der Waals surface area (Å²) < 4.78 is 10.7. The Morgan fingerprint density at radius 2 is 1.66 bits per heavy atom. The lowest BCUT2D eigenvalue weighted by Crippen LogP contribution is -2.43. The molecule has 0 radical (unpaired) electrons. The molecule has 0 fully saturated rings.